The number of thiophene rings is 1. The predicted molar refractivity (Wildman–Crippen MR) is 177 cm³/mol. The number of fused-ring (bicyclic) bond motifs is 1. The van der Waals surface area contributed by atoms with Gasteiger partial charge in [0.25, 0.3) is 0 Å². The molecule has 252 valence electrons. The van der Waals surface area contributed by atoms with Gasteiger partial charge in [-0.1, -0.05) is 38.2 Å². The van der Waals surface area contributed by atoms with Crippen LogP contribution in [0.5, 0.6) is 0 Å². The molecule has 2 aliphatic carbocycles. The van der Waals surface area contributed by atoms with Crippen LogP contribution < -0.4 is 0 Å². The summed E-state index contributed by atoms with van der Waals surface area (Å²) in [5.74, 6) is -0.495. The molecule has 1 aromatic carbocycles. The lowest BCUT2D eigenvalue weighted by atomic mass is 9.74. The second-order valence-corrected chi connectivity index (χ2v) is 15.8. The van der Waals surface area contributed by atoms with Crippen molar-refractivity contribution in [2.75, 3.05) is 20.3 Å². The predicted octanol–water partition coefficient (Wildman–Crippen LogP) is 7.72. The van der Waals surface area contributed by atoms with Gasteiger partial charge in [-0.3, -0.25) is 18.8 Å². The minimum atomic E-state index is -0.605. The first-order valence-corrected chi connectivity index (χ1v) is 18.0. The first kappa shape index (κ1) is 34.5. The van der Waals surface area contributed by atoms with E-state index >= 15 is 0 Å². The Morgan fingerprint density at radius 1 is 0.978 bits per heavy atom. The van der Waals surface area contributed by atoms with Gasteiger partial charge in [0.2, 0.25) is 5.91 Å². The van der Waals surface area contributed by atoms with Crippen LogP contribution in [-0.4, -0.2) is 60.5 Å². The smallest absolute Gasteiger partial charge is 0.348 e. The molecule has 2 saturated carbocycles. The van der Waals surface area contributed by atoms with Gasteiger partial charge in [-0.25, -0.2) is 4.79 Å². The zero-order chi connectivity index (χ0) is 33.0. The van der Waals surface area contributed by atoms with E-state index in [-0.39, 0.29) is 54.2 Å². The third kappa shape index (κ3) is 8.18. The first-order chi connectivity index (χ1) is 22.0. The van der Waals surface area contributed by atoms with Gasteiger partial charge in [0.1, 0.15) is 10.5 Å². The molecule has 7 nitrogen and oxygen atoms in total. The van der Waals surface area contributed by atoms with E-state index in [9.17, 15) is 23.6 Å². The largest absolute Gasteiger partial charge is 0.465 e. The van der Waals surface area contributed by atoms with Crippen LogP contribution in [0.1, 0.15) is 107 Å². The van der Waals surface area contributed by atoms with Crippen LogP contribution in [0.25, 0.3) is 10.1 Å². The quantitative estimate of drug-likeness (QED) is 0.244. The van der Waals surface area contributed by atoms with Gasteiger partial charge in [-0.05, 0) is 99.8 Å². The average Bonchev–Trinajstić information content (AvgIpc) is 3.67. The number of methoxy groups -OCH3 is 1. The second-order valence-electron chi connectivity index (χ2n) is 14.8. The van der Waals surface area contributed by atoms with Crippen LogP contribution in [-0.2, 0) is 30.3 Å². The average molecular weight is 656 g/mol. The molecule has 3 fully saturated rings. The Morgan fingerprint density at radius 3 is 2.35 bits per heavy atom. The molecule has 1 amide bonds. The number of ether oxygens (including phenoxy) is 2. The number of halogens is 1. The van der Waals surface area contributed by atoms with Gasteiger partial charge >= 0.3 is 11.9 Å². The number of carbonyl (C=O) groups is 4. The van der Waals surface area contributed by atoms with Crippen LogP contribution in [0.3, 0.4) is 0 Å². The number of rotatable bonds is 10. The van der Waals surface area contributed by atoms with E-state index in [2.05, 4.69) is 0 Å². The van der Waals surface area contributed by atoms with Gasteiger partial charge in [-0.15, -0.1) is 11.3 Å². The maximum Gasteiger partial charge on any atom is 0.348 e. The molecule has 1 aromatic heterocycles. The van der Waals surface area contributed by atoms with Crippen molar-refractivity contribution in [2.45, 2.75) is 109 Å². The number of ketones is 1. The van der Waals surface area contributed by atoms with E-state index in [4.69, 9.17) is 9.47 Å². The van der Waals surface area contributed by atoms with Gasteiger partial charge in [0.15, 0.2) is 5.78 Å². The molecule has 3 aliphatic rings. The van der Waals surface area contributed by atoms with Crippen molar-refractivity contribution in [3.63, 3.8) is 0 Å². The van der Waals surface area contributed by atoms with Crippen LogP contribution in [0.15, 0.2) is 24.3 Å². The molecule has 9 heteroatoms. The normalized spacial score (nSPS) is 24.9. The summed E-state index contributed by atoms with van der Waals surface area (Å²) in [5, 5.41) is 0.911. The maximum absolute atomic E-state index is 14.2. The van der Waals surface area contributed by atoms with Crippen LogP contribution >= 0.6 is 11.3 Å². The van der Waals surface area contributed by atoms with E-state index in [1.807, 2.05) is 49.9 Å². The van der Waals surface area contributed by atoms with Crippen LogP contribution in [0.4, 0.5) is 4.39 Å². The van der Waals surface area contributed by atoms with E-state index in [0.717, 1.165) is 34.9 Å². The molecular formula is C37H50FNO6S. The molecule has 0 spiro atoms. The van der Waals surface area contributed by atoms with E-state index in [1.165, 1.54) is 37.7 Å². The fourth-order valence-electron chi connectivity index (χ4n) is 8.26. The molecule has 0 unspecified atom stereocenters. The number of amides is 1. The number of Topliss-reactive ketones (excluding diaryl/α,β-unsaturated/α-hetero) is 1. The van der Waals surface area contributed by atoms with Gasteiger partial charge in [-0.2, -0.15) is 0 Å². The number of hydrogen-bond donors (Lipinski definition) is 0. The summed E-state index contributed by atoms with van der Waals surface area (Å²) in [6.45, 7) is 5.46. The molecule has 5 rings (SSSR count). The summed E-state index contributed by atoms with van der Waals surface area (Å²) in [4.78, 5) is 55.2. The highest BCUT2D eigenvalue weighted by molar-refractivity contribution is 7.20. The highest BCUT2D eigenvalue weighted by Crippen LogP contribution is 2.42. The SMILES string of the molecule is COC(=O)c1cc2cc(CC(=O)[C@@H]3[C@H](C4CCCCC4)CCN3C(=O)C3CCC([C@@H](CF)CC(=O)OC(C)(C)C)CC3)ccc2s1. The molecule has 2 heterocycles. The van der Waals surface area contributed by atoms with Crippen LogP contribution in [0, 0.1) is 29.6 Å². The molecule has 46 heavy (non-hydrogen) atoms. The standard InChI is InChI=1S/C37H50FNO6S/c1-37(2,3)45-33(41)21-28(22-38)24-11-13-26(14-12-24)35(42)39-17-16-29(25-8-6-5-7-9-25)34(39)30(40)19-23-10-15-31-27(18-23)20-32(46-31)36(43)44-4/h10,15,18,20,24-26,28-29,34H,5-9,11-14,16-17,19,21-22H2,1-4H3/t24?,26?,28-,29+,34+/m1/s1. The molecule has 0 bridgehead atoms. The lowest BCUT2D eigenvalue weighted by molar-refractivity contribution is -0.157. The number of hydrogen-bond acceptors (Lipinski definition) is 7. The van der Waals surface area contributed by atoms with Crippen molar-refractivity contribution in [1.29, 1.82) is 0 Å². The van der Waals surface area contributed by atoms with Crippen molar-refractivity contribution in [3.05, 3.63) is 34.7 Å². The molecular weight excluding hydrogens is 605 g/mol. The minimum absolute atomic E-state index is 0.0410. The Bertz CT molecular complexity index is 1400. The summed E-state index contributed by atoms with van der Waals surface area (Å²) in [7, 11) is 1.37. The van der Waals surface area contributed by atoms with Gasteiger partial charge in [0, 0.05) is 29.5 Å². The van der Waals surface area contributed by atoms with Crippen molar-refractivity contribution >= 4 is 45.1 Å². The number of esters is 2. The summed E-state index contributed by atoms with van der Waals surface area (Å²) >= 11 is 1.37. The Hall–Kier alpha value is -2.81. The minimum Gasteiger partial charge on any atom is -0.465 e. The lowest BCUT2D eigenvalue weighted by Crippen LogP contribution is -2.48. The van der Waals surface area contributed by atoms with E-state index in [1.54, 1.807) is 0 Å². The van der Waals surface area contributed by atoms with E-state index < -0.39 is 24.2 Å². The molecule has 1 aliphatic heterocycles. The molecule has 0 radical (unpaired) electrons. The highest BCUT2D eigenvalue weighted by Gasteiger charge is 2.46. The number of alkyl halides is 1. The summed E-state index contributed by atoms with van der Waals surface area (Å²) in [6.07, 6.45) is 9.66. The van der Waals surface area contributed by atoms with Crippen molar-refractivity contribution < 1.29 is 33.0 Å². The number of likely N-dealkylation sites (tertiary alicyclic amines) is 1. The number of carbonyl (C=O) groups excluding carboxylic acids is 4. The second kappa shape index (κ2) is 15.0. The monoisotopic (exact) mass is 655 g/mol. The first-order valence-electron chi connectivity index (χ1n) is 17.2. The van der Waals surface area contributed by atoms with E-state index in [0.29, 0.717) is 43.0 Å². The Balaban J connectivity index is 1.27. The van der Waals surface area contributed by atoms with Crippen molar-refractivity contribution in [3.8, 4) is 0 Å². The third-order valence-corrected chi connectivity index (χ3v) is 11.6. The maximum atomic E-state index is 14.2. The molecule has 3 atom stereocenters. The fraction of sp³-hybridized carbons (Fsp3) is 0.676. The zero-order valence-electron chi connectivity index (χ0n) is 27.9. The topological polar surface area (TPSA) is 90.0 Å². The summed E-state index contributed by atoms with van der Waals surface area (Å²) in [6, 6.07) is 7.27. The molecule has 1 saturated heterocycles. The fourth-order valence-corrected chi connectivity index (χ4v) is 9.22. The molecule has 2 aromatic rings. The van der Waals surface area contributed by atoms with Crippen molar-refractivity contribution in [1.82, 2.24) is 4.90 Å². The Kier molecular flexibility index (Phi) is 11.2. The Morgan fingerprint density at radius 2 is 1.70 bits per heavy atom. The Labute approximate surface area is 276 Å². The molecule has 0 N–H and O–H groups in total. The zero-order valence-corrected chi connectivity index (χ0v) is 28.7. The summed E-state index contributed by atoms with van der Waals surface area (Å²) < 4.78 is 25.4. The third-order valence-electron chi connectivity index (χ3n) is 10.5. The van der Waals surface area contributed by atoms with Gasteiger partial charge < -0.3 is 14.4 Å². The van der Waals surface area contributed by atoms with Gasteiger partial charge in [0.05, 0.1) is 26.2 Å². The van der Waals surface area contributed by atoms with Crippen molar-refractivity contribution in [2.24, 2.45) is 29.6 Å². The lowest BCUT2D eigenvalue weighted by Gasteiger charge is -2.37. The number of nitrogens with zero attached hydrogens (tertiary/aromatic N) is 1. The number of benzene rings is 1. The van der Waals surface area contributed by atoms with Crippen LogP contribution in [0.2, 0.25) is 0 Å². The highest BCUT2D eigenvalue weighted by atomic mass is 32.1. The summed E-state index contributed by atoms with van der Waals surface area (Å²) in [5.41, 5.74) is 0.280.